The third-order valence-electron chi connectivity index (χ3n) is 2.71. The zero-order valence-electron chi connectivity index (χ0n) is 11.3. The van der Waals surface area contributed by atoms with Crippen molar-refractivity contribution in [2.45, 2.75) is 19.9 Å². The lowest BCUT2D eigenvalue weighted by atomic mass is 10.2. The van der Waals surface area contributed by atoms with Gasteiger partial charge in [0.1, 0.15) is 5.01 Å². The first kappa shape index (κ1) is 13.8. The summed E-state index contributed by atoms with van der Waals surface area (Å²) in [6.45, 7) is 4.46. The molecule has 0 saturated heterocycles. The first-order valence-electron chi connectivity index (χ1n) is 6.18. The monoisotopic (exact) mass is 278 g/mol. The highest BCUT2D eigenvalue weighted by Gasteiger charge is 2.15. The fraction of sp³-hybridized carbons (Fsp3) is 0.357. The molecule has 0 aliphatic carbocycles. The lowest BCUT2D eigenvalue weighted by molar-refractivity contribution is 0.312. The van der Waals surface area contributed by atoms with E-state index in [1.54, 1.807) is 18.4 Å². The SMILES string of the molecule is CCOc1c(OC)cccc1-c1nc(C(C)N)cs1. The van der Waals surface area contributed by atoms with Gasteiger partial charge >= 0.3 is 0 Å². The van der Waals surface area contributed by atoms with Crippen LogP contribution in [-0.4, -0.2) is 18.7 Å². The van der Waals surface area contributed by atoms with Gasteiger partial charge < -0.3 is 15.2 Å². The molecule has 1 unspecified atom stereocenters. The van der Waals surface area contributed by atoms with Gasteiger partial charge in [-0.2, -0.15) is 0 Å². The molecule has 0 aliphatic heterocycles. The molecular weight excluding hydrogens is 260 g/mol. The molecule has 19 heavy (non-hydrogen) atoms. The van der Waals surface area contributed by atoms with E-state index >= 15 is 0 Å². The molecule has 0 radical (unpaired) electrons. The molecule has 0 amide bonds. The Kier molecular flexibility index (Phi) is 4.39. The number of hydrogen-bond donors (Lipinski definition) is 1. The Hall–Kier alpha value is -1.59. The predicted molar refractivity (Wildman–Crippen MR) is 77.9 cm³/mol. The van der Waals surface area contributed by atoms with Gasteiger partial charge in [0, 0.05) is 11.4 Å². The lowest BCUT2D eigenvalue weighted by Crippen LogP contribution is -2.05. The van der Waals surface area contributed by atoms with Crippen molar-refractivity contribution in [1.29, 1.82) is 0 Å². The number of ether oxygens (including phenoxy) is 2. The summed E-state index contributed by atoms with van der Waals surface area (Å²) in [5, 5.41) is 2.88. The molecule has 102 valence electrons. The Morgan fingerprint density at radius 1 is 1.42 bits per heavy atom. The average molecular weight is 278 g/mol. The van der Waals surface area contributed by atoms with Gasteiger partial charge in [0.2, 0.25) is 0 Å². The van der Waals surface area contributed by atoms with Gasteiger partial charge in [-0.3, -0.25) is 0 Å². The second-order valence-corrected chi connectivity index (χ2v) is 4.99. The topological polar surface area (TPSA) is 57.4 Å². The van der Waals surface area contributed by atoms with Crippen molar-refractivity contribution in [3.63, 3.8) is 0 Å². The van der Waals surface area contributed by atoms with Crippen LogP contribution in [0.2, 0.25) is 0 Å². The number of para-hydroxylation sites is 1. The average Bonchev–Trinajstić information content (AvgIpc) is 2.89. The quantitative estimate of drug-likeness (QED) is 0.912. The molecule has 0 fully saturated rings. The maximum atomic E-state index is 5.85. The number of thiazole rings is 1. The van der Waals surface area contributed by atoms with E-state index < -0.39 is 0 Å². The Bertz CT molecular complexity index is 552. The van der Waals surface area contributed by atoms with Gasteiger partial charge in [-0.05, 0) is 26.0 Å². The molecule has 0 spiro atoms. The van der Waals surface area contributed by atoms with E-state index in [1.165, 1.54) is 0 Å². The summed E-state index contributed by atoms with van der Waals surface area (Å²) in [4.78, 5) is 4.56. The highest BCUT2D eigenvalue weighted by Crippen LogP contribution is 2.39. The van der Waals surface area contributed by atoms with Gasteiger partial charge in [0.05, 0.1) is 25.0 Å². The van der Waals surface area contributed by atoms with Crippen molar-refractivity contribution in [3.05, 3.63) is 29.3 Å². The number of nitrogens with zero attached hydrogens (tertiary/aromatic N) is 1. The van der Waals surface area contributed by atoms with E-state index in [9.17, 15) is 0 Å². The number of aromatic nitrogens is 1. The number of benzene rings is 1. The number of methoxy groups -OCH3 is 1. The first-order valence-corrected chi connectivity index (χ1v) is 7.06. The lowest BCUT2D eigenvalue weighted by Gasteiger charge is -2.12. The van der Waals surface area contributed by atoms with Crippen LogP contribution in [0.4, 0.5) is 0 Å². The first-order chi connectivity index (χ1) is 9.17. The predicted octanol–water partition coefficient (Wildman–Crippen LogP) is 3.24. The molecule has 5 heteroatoms. The molecule has 2 aromatic rings. The Morgan fingerprint density at radius 2 is 2.21 bits per heavy atom. The zero-order valence-corrected chi connectivity index (χ0v) is 12.2. The Morgan fingerprint density at radius 3 is 2.79 bits per heavy atom. The largest absolute Gasteiger partial charge is 0.493 e. The number of nitrogens with two attached hydrogens (primary N) is 1. The van der Waals surface area contributed by atoms with Gasteiger partial charge in [-0.1, -0.05) is 6.07 Å². The van der Waals surface area contributed by atoms with Crippen molar-refractivity contribution in [2.75, 3.05) is 13.7 Å². The van der Waals surface area contributed by atoms with Crippen LogP contribution >= 0.6 is 11.3 Å². The van der Waals surface area contributed by atoms with E-state index in [0.29, 0.717) is 6.61 Å². The summed E-state index contributed by atoms with van der Waals surface area (Å²) in [6.07, 6.45) is 0. The van der Waals surface area contributed by atoms with E-state index in [2.05, 4.69) is 4.98 Å². The summed E-state index contributed by atoms with van der Waals surface area (Å²) in [7, 11) is 1.64. The second-order valence-electron chi connectivity index (χ2n) is 4.14. The van der Waals surface area contributed by atoms with Gasteiger partial charge in [-0.25, -0.2) is 4.98 Å². The highest BCUT2D eigenvalue weighted by molar-refractivity contribution is 7.13. The molecule has 2 N–H and O–H groups in total. The van der Waals surface area contributed by atoms with Crippen LogP contribution in [0.15, 0.2) is 23.6 Å². The summed E-state index contributed by atoms with van der Waals surface area (Å²) < 4.78 is 11.0. The molecule has 0 saturated carbocycles. The third-order valence-corrected chi connectivity index (χ3v) is 3.60. The van der Waals surface area contributed by atoms with Crippen molar-refractivity contribution in [3.8, 4) is 22.1 Å². The summed E-state index contributed by atoms with van der Waals surface area (Å²) in [6, 6.07) is 5.74. The minimum atomic E-state index is -0.0637. The van der Waals surface area contributed by atoms with Crippen LogP contribution in [0, 0.1) is 0 Å². The maximum absolute atomic E-state index is 5.85. The minimum absolute atomic E-state index is 0.0637. The minimum Gasteiger partial charge on any atom is -0.493 e. The van der Waals surface area contributed by atoms with Gasteiger partial charge in [0.25, 0.3) is 0 Å². The highest BCUT2D eigenvalue weighted by atomic mass is 32.1. The van der Waals surface area contributed by atoms with Crippen LogP contribution in [0.1, 0.15) is 25.6 Å². The Labute approximate surface area is 117 Å². The van der Waals surface area contributed by atoms with Crippen molar-refractivity contribution in [1.82, 2.24) is 4.98 Å². The fourth-order valence-corrected chi connectivity index (χ4v) is 2.70. The van der Waals surface area contributed by atoms with E-state index in [-0.39, 0.29) is 6.04 Å². The fourth-order valence-electron chi connectivity index (χ4n) is 1.76. The van der Waals surface area contributed by atoms with Gasteiger partial charge in [-0.15, -0.1) is 11.3 Å². The standard InChI is InChI=1S/C14H18N2O2S/c1-4-18-13-10(6-5-7-12(13)17-3)14-16-11(8-19-14)9(2)15/h5-9H,4,15H2,1-3H3. The summed E-state index contributed by atoms with van der Waals surface area (Å²) in [5.74, 6) is 1.45. The van der Waals surface area contributed by atoms with E-state index in [4.69, 9.17) is 15.2 Å². The molecule has 1 aromatic heterocycles. The maximum Gasteiger partial charge on any atom is 0.171 e. The van der Waals surface area contributed by atoms with Crippen LogP contribution < -0.4 is 15.2 Å². The third kappa shape index (κ3) is 2.88. The molecule has 0 aliphatic rings. The summed E-state index contributed by atoms with van der Waals surface area (Å²) >= 11 is 1.56. The van der Waals surface area contributed by atoms with Crippen LogP contribution in [0.25, 0.3) is 10.6 Å². The normalized spacial score (nSPS) is 12.2. The second kappa shape index (κ2) is 6.04. The molecule has 0 bridgehead atoms. The molecule has 2 rings (SSSR count). The molecule has 1 aromatic carbocycles. The Balaban J connectivity index is 2.47. The zero-order chi connectivity index (χ0) is 13.8. The van der Waals surface area contributed by atoms with Crippen molar-refractivity contribution < 1.29 is 9.47 Å². The van der Waals surface area contributed by atoms with Crippen LogP contribution in [-0.2, 0) is 0 Å². The number of hydrogen-bond acceptors (Lipinski definition) is 5. The van der Waals surface area contributed by atoms with E-state index in [0.717, 1.165) is 27.8 Å². The van der Waals surface area contributed by atoms with E-state index in [1.807, 2.05) is 37.4 Å². The molecular formula is C14H18N2O2S. The van der Waals surface area contributed by atoms with Crippen molar-refractivity contribution >= 4 is 11.3 Å². The van der Waals surface area contributed by atoms with Crippen molar-refractivity contribution in [2.24, 2.45) is 5.73 Å². The summed E-state index contributed by atoms with van der Waals surface area (Å²) in [5.41, 5.74) is 7.68. The number of rotatable bonds is 5. The molecule has 1 heterocycles. The van der Waals surface area contributed by atoms with Gasteiger partial charge in [0.15, 0.2) is 11.5 Å². The smallest absolute Gasteiger partial charge is 0.171 e. The molecule has 1 atom stereocenters. The molecule has 4 nitrogen and oxygen atoms in total. The van der Waals surface area contributed by atoms with Crippen LogP contribution in [0.3, 0.4) is 0 Å². The van der Waals surface area contributed by atoms with Crippen LogP contribution in [0.5, 0.6) is 11.5 Å².